The van der Waals surface area contributed by atoms with Crippen molar-refractivity contribution in [2.75, 3.05) is 7.11 Å². The van der Waals surface area contributed by atoms with Gasteiger partial charge in [-0.25, -0.2) is 0 Å². The molecule has 0 saturated heterocycles. The monoisotopic (exact) mass is 296 g/mol. The maximum absolute atomic E-state index is 11.3. The Balaban J connectivity index is 2.25. The second kappa shape index (κ2) is 7.46. The molecule has 0 aliphatic heterocycles. The summed E-state index contributed by atoms with van der Waals surface area (Å²) in [5.74, 6) is 0.489. The van der Waals surface area contributed by atoms with Crippen LogP contribution in [0.2, 0.25) is 0 Å². The van der Waals surface area contributed by atoms with Crippen LogP contribution in [-0.2, 0) is 9.53 Å². The molecule has 1 unspecified atom stereocenters. The highest BCUT2D eigenvalue weighted by Crippen LogP contribution is 2.22. The fourth-order valence-corrected chi connectivity index (χ4v) is 2.19. The molecule has 0 spiro atoms. The molecule has 2 rings (SSSR count). The number of ether oxygens (including phenoxy) is 2. The SMILES string of the molecule is COc1cccc(/C=C/C(OC(C)=O)c2cccc(C)c2)c1. The molecule has 0 fully saturated rings. The topological polar surface area (TPSA) is 35.5 Å². The third kappa shape index (κ3) is 4.48. The zero-order valence-electron chi connectivity index (χ0n) is 13.1. The predicted octanol–water partition coefficient (Wildman–Crippen LogP) is 4.32. The highest BCUT2D eigenvalue weighted by Gasteiger charge is 2.11. The van der Waals surface area contributed by atoms with Crippen LogP contribution < -0.4 is 4.74 Å². The summed E-state index contributed by atoms with van der Waals surface area (Å²) < 4.78 is 10.6. The Morgan fingerprint density at radius 1 is 1.14 bits per heavy atom. The van der Waals surface area contributed by atoms with Gasteiger partial charge in [-0.2, -0.15) is 0 Å². The zero-order valence-corrected chi connectivity index (χ0v) is 13.1. The van der Waals surface area contributed by atoms with Gasteiger partial charge in [0.2, 0.25) is 0 Å². The van der Waals surface area contributed by atoms with Gasteiger partial charge in [0.15, 0.2) is 0 Å². The fourth-order valence-electron chi connectivity index (χ4n) is 2.19. The van der Waals surface area contributed by atoms with E-state index >= 15 is 0 Å². The van der Waals surface area contributed by atoms with Crippen LogP contribution in [0.4, 0.5) is 0 Å². The van der Waals surface area contributed by atoms with Crippen molar-refractivity contribution in [1.29, 1.82) is 0 Å². The Morgan fingerprint density at radius 3 is 2.59 bits per heavy atom. The molecule has 0 N–H and O–H groups in total. The van der Waals surface area contributed by atoms with Gasteiger partial charge in [-0.05, 0) is 36.3 Å². The Hall–Kier alpha value is -2.55. The second-order valence-electron chi connectivity index (χ2n) is 5.08. The maximum Gasteiger partial charge on any atom is 0.303 e. The van der Waals surface area contributed by atoms with Crippen molar-refractivity contribution >= 4 is 12.0 Å². The minimum atomic E-state index is -0.399. The second-order valence-corrected chi connectivity index (χ2v) is 5.08. The molecule has 0 radical (unpaired) electrons. The Kier molecular flexibility index (Phi) is 5.37. The number of aryl methyl sites for hydroxylation is 1. The van der Waals surface area contributed by atoms with E-state index in [-0.39, 0.29) is 5.97 Å². The van der Waals surface area contributed by atoms with E-state index in [1.807, 2.05) is 67.6 Å². The van der Waals surface area contributed by atoms with E-state index in [0.29, 0.717) is 0 Å². The lowest BCUT2D eigenvalue weighted by Crippen LogP contribution is -2.06. The van der Waals surface area contributed by atoms with Crippen LogP contribution in [0, 0.1) is 6.92 Å². The maximum atomic E-state index is 11.3. The average Bonchev–Trinajstić information content (AvgIpc) is 2.51. The Morgan fingerprint density at radius 2 is 1.91 bits per heavy atom. The van der Waals surface area contributed by atoms with Crippen LogP contribution in [-0.4, -0.2) is 13.1 Å². The molecule has 2 aromatic carbocycles. The third-order valence-corrected chi connectivity index (χ3v) is 3.22. The number of hydrogen-bond donors (Lipinski definition) is 0. The standard InChI is InChI=1S/C19H20O3/c1-14-6-4-8-17(12-14)19(22-15(2)20)11-10-16-7-5-9-18(13-16)21-3/h4-13,19H,1-3H3/b11-10+. The molecule has 2 aromatic rings. The number of esters is 1. The van der Waals surface area contributed by atoms with Crippen LogP contribution in [0.3, 0.4) is 0 Å². The summed E-state index contributed by atoms with van der Waals surface area (Å²) in [7, 11) is 1.64. The molecule has 3 nitrogen and oxygen atoms in total. The van der Waals surface area contributed by atoms with Crippen molar-refractivity contribution in [3.05, 3.63) is 71.3 Å². The van der Waals surface area contributed by atoms with Crippen molar-refractivity contribution in [2.24, 2.45) is 0 Å². The van der Waals surface area contributed by atoms with Crippen molar-refractivity contribution in [3.8, 4) is 5.75 Å². The lowest BCUT2D eigenvalue weighted by Gasteiger charge is -2.14. The van der Waals surface area contributed by atoms with Crippen molar-refractivity contribution < 1.29 is 14.3 Å². The molecule has 0 amide bonds. The molecule has 0 aromatic heterocycles. The highest BCUT2D eigenvalue weighted by molar-refractivity contribution is 5.67. The summed E-state index contributed by atoms with van der Waals surface area (Å²) in [6, 6.07) is 15.7. The number of hydrogen-bond acceptors (Lipinski definition) is 3. The van der Waals surface area contributed by atoms with Crippen molar-refractivity contribution in [3.63, 3.8) is 0 Å². The van der Waals surface area contributed by atoms with E-state index in [9.17, 15) is 4.79 Å². The van der Waals surface area contributed by atoms with Gasteiger partial charge >= 0.3 is 5.97 Å². The van der Waals surface area contributed by atoms with E-state index < -0.39 is 6.10 Å². The number of rotatable bonds is 5. The molecule has 0 aliphatic rings. The molecule has 22 heavy (non-hydrogen) atoms. The third-order valence-electron chi connectivity index (χ3n) is 3.22. The lowest BCUT2D eigenvalue weighted by atomic mass is 10.0. The van der Waals surface area contributed by atoms with Crippen molar-refractivity contribution in [1.82, 2.24) is 0 Å². The first-order chi connectivity index (χ1) is 10.6. The zero-order chi connectivity index (χ0) is 15.9. The number of carbonyl (C=O) groups excluding carboxylic acids is 1. The molecule has 1 atom stereocenters. The summed E-state index contributed by atoms with van der Waals surface area (Å²) in [6.45, 7) is 3.43. The Labute approximate surface area is 131 Å². The molecule has 0 saturated carbocycles. The number of methoxy groups -OCH3 is 1. The lowest BCUT2D eigenvalue weighted by molar-refractivity contribution is -0.144. The van der Waals surface area contributed by atoms with Gasteiger partial charge in [0.25, 0.3) is 0 Å². The molecule has 114 valence electrons. The molecule has 0 heterocycles. The first-order valence-electron chi connectivity index (χ1n) is 7.14. The van der Waals surface area contributed by atoms with E-state index in [0.717, 1.165) is 22.4 Å². The number of carbonyl (C=O) groups is 1. The Bertz CT molecular complexity index is 674. The van der Waals surface area contributed by atoms with Crippen LogP contribution in [0.1, 0.15) is 29.7 Å². The van der Waals surface area contributed by atoms with Crippen LogP contribution >= 0.6 is 0 Å². The molecular weight excluding hydrogens is 276 g/mol. The first kappa shape index (κ1) is 15.8. The van der Waals surface area contributed by atoms with E-state index in [2.05, 4.69) is 0 Å². The van der Waals surface area contributed by atoms with Gasteiger partial charge in [-0.3, -0.25) is 4.79 Å². The molecular formula is C19H20O3. The predicted molar refractivity (Wildman–Crippen MR) is 87.7 cm³/mol. The summed E-state index contributed by atoms with van der Waals surface area (Å²) in [4.78, 5) is 11.3. The molecule has 0 aliphatic carbocycles. The first-order valence-corrected chi connectivity index (χ1v) is 7.14. The van der Waals surface area contributed by atoms with Gasteiger partial charge in [-0.1, -0.05) is 48.0 Å². The quantitative estimate of drug-likeness (QED) is 0.771. The molecule has 3 heteroatoms. The summed E-state index contributed by atoms with van der Waals surface area (Å²) in [6.07, 6.45) is 3.41. The summed E-state index contributed by atoms with van der Waals surface area (Å²) >= 11 is 0. The molecule has 0 bridgehead atoms. The van der Waals surface area contributed by atoms with Gasteiger partial charge in [-0.15, -0.1) is 0 Å². The smallest absolute Gasteiger partial charge is 0.303 e. The number of benzene rings is 2. The van der Waals surface area contributed by atoms with Crippen LogP contribution in [0.5, 0.6) is 5.75 Å². The normalized spacial score (nSPS) is 12.1. The minimum Gasteiger partial charge on any atom is -0.497 e. The highest BCUT2D eigenvalue weighted by atomic mass is 16.5. The van der Waals surface area contributed by atoms with Gasteiger partial charge in [0.05, 0.1) is 7.11 Å². The van der Waals surface area contributed by atoms with E-state index in [1.54, 1.807) is 7.11 Å². The van der Waals surface area contributed by atoms with Crippen LogP contribution in [0.25, 0.3) is 6.08 Å². The van der Waals surface area contributed by atoms with Gasteiger partial charge in [0, 0.05) is 6.92 Å². The van der Waals surface area contributed by atoms with Gasteiger partial charge in [0.1, 0.15) is 11.9 Å². The largest absolute Gasteiger partial charge is 0.497 e. The fraction of sp³-hybridized carbons (Fsp3) is 0.211. The van der Waals surface area contributed by atoms with E-state index in [4.69, 9.17) is 9.47 Å². The van der Waals surface area contributed by atoms with Gasteiger partial charge < -0.3 is 9.47 Å². The average molecular weight is 296 g/mol. The summed E-state index contributed by atoms with van der Waals surface area (Å²) in [5.41, 5.74) is 3.07. The minimum absolute atomic E-state index is 0.304. The van der Waals surface area contributed by atoms with Crippen molar-refractivity contribution in [2.45, 2.75) is 20.0 Å². The summed E-state index contributed by atoms with van der Waals surface area (Å²) in [5, 5.41) is 0. The van der Waals surface area contributed by atoms with E-state index in [1.165, 1.54) is 6.92 Å². The van der Waals surface area contributed by atoms with Crippen LogP contribution in [0.15, 0.2) is 54.6 Å².